The number of ether oxygens (including phenoxy) is 1. The maximum Gasteiger partial charge on any atom is 0.150 e. The average Bonchev–Trinajstić information content (AvgIpc) is 2.06. The average molecular weight is 201 g/mol. The smallest absolute Gasteiger partial charge is 0.150 e. The van der Waals surface area contributed by atoms with Crippen molar-refractivity contribution in [3.63, 3.8) is 0 Å². The maximum absolute atomic E-state index is 10.3. The van der Waals surface area contributed by atoms with E-state index in [0.717, 1.165) is 11.8 Å². The zero-order valence-corrected chi connectivity index (χ0v) is 8.76. The summed E-state index contributed by atoms with van der Waals surface area (Å²) in [7, 11) is 3.25. The molecule has 0 bridgehead atoms. The summed E-state index contributed by atoms with van der Waals surface area (Å²) in [6.45, 7) is 1.86. The van der Waals surface area contributed by atoms with Gasteiger partial charge in [0.15, 0.2) is 0 Å². The summed E-state index contributed by atoms with van der Waals surface area (Å²) in [4.78, 5) is 10.3. The van der Waals surface area contributed by atoms with E-state index in [1.807, 2.05) is 6.92 Å². The van der Waals surface area contributed by atoms with Crippen LogP contribution in [0.25, 0.3) is 0 Å². The van der Waals surface area contributed by atoms with E-state index >= 15 is 0 Å². The van der Waals surface area contributed by atoms with Gasteiger partial charge in [-0.25, -0.2) is 0 Å². The van der Waals surface area contributed by atoms with E-state index in [0.29, 0.717) is 10.6 Å². The molecule has 0 N–H and O–H groups in total. The first-order valence-electron chi connectivity index (χ1n) is 3.77. The summed E-state index contributed by atoms with van der Waals surface area (Å²) < 4.78 is 4.25. The predicted octanol–water partition coefficient (Wildman–Crippen LogP) is 2.72. The maximum atomic E-state index is 10.3. The minimum atomic E-state index is 0.670. The number of rotatable bonds is 1. The molecular formula is C10H13ClO2. The van der Waals surface area contributed by atoms with Gasteiger partial charge >= 0.3 is 0 Å². The minimum absolute atomic E-state index is 0.670. The van der Waals surface area contributed by atoms with Crippen molar-refractivity contribution in [3.8, 4) is 0 Å². The number of aryl methyl sites for hydroxylation is 1. The third-order valence-electron chi connectivity index (χ3n) is 1.36. The molecule has 0 radical (unpaired) electrons. The van der Waals surface area contributed by atoms with Crippen LogP contribution >= 0.6 is 11.6 Å². The van der Waals surface area contributed by atoms with Crippen LogP contribution in [0.3, 0.4) is 0 Å². The van der Waals surface area contributed by atoms with Crippen LogP contribution in [0.1, 0.15) is 15.9 Å². The van der Waals surface area contributed by atoms with E-state index in [1.165, 1.54) is 0 Å². The van der Waals surface area contributed by atoms with E-state index in [1.54, 1.807) is 32.4 Å². The number of hydrogen-bond donors (Lipinski definition) is 0. The molecule has 0 aliphatic carbocycles. The van der Waals surface area contributed by atoms with Gasteiger partial charge in [-0.2, -0.15) is 0 Å². The van der Waals surface area contributed by atoms with Crippen LogP contribution in [0.5, 0.6) is 0 Å². The lowest BCUT2D eigenvalue weighted by Gasteiger charge is -1.96. The summed E-state index contributed by atoms with van der Waals surface area (Å²) in [5.41, 5.74) is 1.62. The van der Waals surface area contributed by atoms with Gasteiger partial charge in [0, 0.05) is 24.8 Å². The molecule has 0 heterocycles. The first kappa shape index (κ1) is 12.1. The Bertz CT molecular complexity index is 272. The highest BCUT2D eigenvalue weighted by Gasteiger charge is 1.95. The van der Waals surface area contributed by atoms with Crippen LogP contribution in [0.15, 0.2) is 18.2 Å². The van der Waals surface area contributed by atoms with Crippen molar-refractivity contribution < 1.29 is 9.53 Å². The Hall–Kier alpha value is -0.860. The highest BCUT2D eigenvalue weighted by molar-refractivity contribution is 6.30. The standard InChI is InChI=1S/C8H7ClO.C2H6O/c1-6-4-8(9)3-2-7(6)5-10;1-3-2/h2-5H,1H3;1-2H3. The molecule has 0 saturated heterocycles. The van der Waals surface area contributed by atoms with E-state index in [2.05, 4.69) is 4.74 Å². The number of aldehydes is 1. The van der Waals surface area contributed by atoms with Crippen molar-refractivity contribution >= 4 is 17.9 Å². The van der Waals surface area contributed by atoms with Gasteiger partial charge in [-0.05, 0) is 30.7 Å². The number of halogens is 1. The summed E-state index contributed by atoms with van der Waals surface area (Å²) in [6.07, 6.45) is 0.825. The molecule has 72 valence electrons. The van der Waals surface area contributed by atoms with E-state index in [9.17, 15) is 4.79 Å². The molecule has 0 aromatic heterocycles. The molecule has 0 atom stereocenters. The number of methoxy groups -OCH3 is 1. The normalized spacial score (nSPS) is 8.62. The molecule has 2 nitrogen and oxygen atoms in total. The molecule has 0 spiro atoms. The predicted molar refractivity (Wildman–Crippen MR) is 54.5 cm³/mol. The lowest BCUT2D eigenvalue weighted by Crippen LogP contribution is -1.83. The molecule has 0 fully saturated rings. The van der Waals surface area contributed by atoms with Gasteiger partial charge in [0.25, 0.3) is 0 Å². The van der Waals surface area contributed by atoms with Crippen molar-refractivity contribution in [2.45, 2.75) is 6.92 Å². The van der Waals surface area contributed by atoms with Gasteiger partial charge in [0.05, 0.1) is 0 Å². The quantitative estimate of drug-likeness (QED) is 0.652. The van der Waals surface area contributed by atoms with Crippen LogP contribution < -0.4 is 0 Å². The Kier molecular flexibility index (Phi) is 6.20. The Morgan fingerprint density at radius 3 is 2.31 bits per heavy atom. The molecule has 0 saturated carbocycles. The number of benzene rings is 1. The van der Waals surface area contributed by atoms with Gasteiger partial charge in [-0.15, -0.1) is 0 Å². The topological polar surface area (TPSA) is 26.3 Å². The van der Waals surface area contributed by atoms with Crippen molar-refractivity contribution in [2.24, 2.45) is 0 Å². The summed E-state index contributed by atoms with van der Waals surface area (Å²) in [6, 6.07) is 5.19. The van der Waals surface area contributed by atoms with Gasteiger partial charge in [0.2, 0.25) is 0 Å². The zero-order valence-electron chi connectivity index (χ0n) is 8.00. The van der Waals surface area contributed by atoms with Crippen LogP contribution in [-0.4, -0.2) is 20.5 Å². The summed E-state index contributed by atoms with van der Waals surface area (Å²) in [5.74, 6) is 0. The zero-order chi connectivity index (χ0) is 10.3. The fourth-order valence-corrected chi connectivity index (χ4v) is 0.998. The Balaban J connectivity index is 0.000000424. The molecule has 0 aliphatic heterocycles. The van der Waals surface area contributed by atoms with E-state index < -0.39 is 0 Å². The lowest BCUT2D eigenvalue weighted by atomic mass is 10.1. The van der Waals surface area contributed by atoms with Gasteiger partial charge in [-0.3, -0.25) is 4.79 Å². The van der Waals surface area contributed by atoms with Gasteiger partial charge < -0.3 is 4.74 Å². The van der Waals surface area contributed by atoms with Crippen LogP contribution in [0.4, 0.5) is 0 Å². The van der Waals surface area contributed by atoms with E-state index in [-0.39, 0.29) is 0 Å². The highest BCUT2D eigenvalue weighted by Crippen LogP contribution is 2.12. The third-order valence-corrected chi connectivity index (χ3v) is 1.59. The van der Waals surface area contributed by atoms with Crippen molar-refractivity contribution in [3.05, 3.63) is 34.3 Å². The van der Waals surface area contributed by atoms with Crippen molar-refractivity contribution in [1.82, 2.24) is 0 Å². The van der Waals surface area contributed by atoms with Crippen LogP contribution in [0, 0.1) is 6.92 Å². The van der Waals surface area contributed by atoms with E-state index in [4.69, 9.17) is 11.6 Å². The number of carbonyl (C=O) groups excluding carboxylic acids is 1. The summed E-state index contributed by atoms with van der Waals surface area (Å²) >= 11 is 5.66. The second-order valence-corrected chi connectivity index (χ2v) is 2.96. The first-order chi connectivity index (χ1) is 6.15. The molecular weight excluding hydrogens is 188 g/mol. The fraction of sp³-hybridized carbons (Fsp3) is 0.300. The second kappa shape index (κ2) is 6.63. The summed E-state index contributed by atoms with van der Waals surface area (Å²) in [5, 5.41) is 0.670. The lowest BCUT2D eigenvalue weighted by molar-refractivity contribution is 0.112. The molecule has 13 heavy (non-hydrogen) atoms. The largest absolute Gasteiger partial charge is 0.388 e. The number of carbonyl (C=O) groups is 1. The first-order valence-corrected chi connectivity index (χ1v) is 4.15. The van der Waals surface area contributed by atoms with Gasteiger partial charge in [-0.1, -0.05) is 11.6 Å². The Morgan fingerprint density at radius 1 is 1.38 bits per heavy atom. The minimum Gasteiger partial charge on any atom is -0.388 e. The molecule has 0 unspecified atom stereocenters. The molecule has 1 aromatic carbocycles. The monoisotopic (exact) mass is 200 g/mol. The SMILES string of the molecule is COC.Cc1cc(Cl)ccc1C=O. The van der Waals surface area contributed by atoms with Crippen molar-refractivity contribution in [2.75, 3.05) is 14.2 Å². The molecule has 1 aromatic rings. The molecule has 1 rings (SSSR count). The Morgan fingerprint density at radius 2 is 1.92 bits per heavy atom. The second-order valence-electron chi connectivity index (χ2n) is 2.53. The van der Waals surface area contributed by atoms with Crippen LogP contribution in [0.2, 0.25) is 5.02 Å². The fourth-order valence-electron chi connectivity index (χ4n) is 0.771. The molecule has 3 heteroatoms. The molecule has 0 amide bonds. The number of hydrogen-bond acceptors (Lipinski definition) is 2. The Labute approximate surface area is 83.5 Å². The van der Waals surface area contributed by atoms with Gasteiger partial charge in [0.1, 0.15) is 6.29 Å². The van der Waals surface area contributed by atoms with Crippen molar-refractivity contribution in [1.29, 1.82) is 0 Å². The highest BCUT2D eigenvalue weighted by atomic mass is 35.5. The third kappa shape index (κ3) is 4.65. The molecule has 0 aliphatic rings. The van der Waals surface area contributed by atoms with Crippen LogP contribution in [-0.2, 0) is 4.74 Å².